The Balaban J connectivity index is 1.95. The fourth-order valence-electron chi connectivity index (χ4n) is 2.63. The second kappa shape index (κ2) is 5.98. The second-order valence-electron chi connectivity index (χ2n) is 5.39. The molecule has 0 fully saturated rings. The van der Waals surface area contributed by atoms with Crippen LogP contribution in [0.15, 0.2) is 60.7 Å². The molecule has 3 heteroatoms. The number of aryl methyl sites for hydroxylation is 1. The van der Waals surface area contributed by atoms with Gasteiger partial charge in [0.1, 0.15) is 0 Å². The average molecular weight is 290 g/mol. The van der Waals surface area contributed by atoms with E-state index in [1.165, 1.54) is 10.2 Å². The van der Waals surface area contributed by atoms with Crippen molar-refractivity contribution in [1.82, 2.24) is 9.78 Å². The Morgan fingerprint density at radius 1 is 0.955 bits per heavy atom. The van der Waals surface area contributed by atoms with Crippen LogP contribution in [-0.2, 0) is 6.42 Å². The largest absolute Gasteiger partial charge is 0.278 e. The molecule has 0 aliphatic rings. The lowest BCUT2D eigenvalue weighted by atomic mass is 10.0. The smallest absolute Gasteiger partial charge is 0.267 e. The summed E-state index contributed by atoms with van der Waals surface area (Å²) < 4.78 is 1.52. The minimum Gasteiger partial charge on any atom is -0.267 e. The van der Waals surface area contributed by atoms with Gasteiger partial charge in [-0.05, 0) is 31.5 Å². The van der Waals surface area contributed by atoms with Gasteiger partial charge in [0.05, 0.1) is 5.69 Å². The van der Waals surface area contributed by atoms with Crippen LogP contribution in [-0.4, -0.2) is 15.7 Å². The summed E-state index contributed by atoms with van der Waals surface area (Å²) in [7, 11) is 0. The molecular formula is C19H18N2O. The molecule has 0 atom stereocenters. The number of carbonyl (C=O) groups excluding carboxylic acids is 1. The number of benzene rings is 2. The first-order chi connectivity index (χ1) is 10.7. The minimum atomic E-state index is -0.0829. The van der Waals surface area contributed by atoms with Crippen molar-refractivity contribution in [1.29, 1.82) is 0 Å². The van der Waals surface area contributed by atoms with Gasteiger partial charge >= 0.3 is 0 Å². The lowest BCUT2D eigenvalue weighted by Crippen LogP contribution is -2.15. The second-order valence-corrected chi connectivity index (χ2v) is 5.39. The maximum atomic E-state index is 12.6. The molecule has 0 bridgehead atoms. The van der Waals surface area contributed by atoms with E-state index in [-0.39, 0.29) is 5.91 Å². The molecule has 1 aromatic heterocycles. The minimum absolute atomic E-state index is 0.0829. The van der Waals surface area contributed by atoms with Crippen LogP contribution in [0.4, 0.5) is 0 Å². The van der Waals surface area contributed by atoms with E-state index in [0.717, 1.165) is 23.4 Å². The predicted molar refractivity (Wildman–Crippen MR) is 87.1 cm³/mol. The standard InChI is InChI=1S/C19H18N2O/c1-14-18(13-16-9-5-3-6-10-16)15(2)21(20-14)19(22)17-11-7-4-8-12-17/h3-12H,13H2,1-2H3. The molecule has 0 saturated carbocycles. The van der Waals surface area contributed by atoms with Gasteiger partial charge in [0.15, 0.2) is 0 Å². The molecule has 2 aromatic carbocycles. The SMILES string of the molecule is Cc1nn(C(=O)c2ccccc2)c(C)c1Cc1ccccc1. The zero-order chi connectivity index (χ0) is 15.5. The van der Waals surface area contributed by atoms with Gasteiger partial charge in [-0.2, -0.15) is 5.10 Å². The number of nitrogens with zero attached hydrogens (tertiary/aromatic N) is 2. The zero-order valence-electron chi connectivity index (χ0n) is 12.8. The normalized spacial score (nSPS) is 10.6. The van der Waals surface area contributed by atoms with E-state index in [0.29, 0.717) is 5.56 Å². The van der Waals surface area contributed by atoms with E-state index in [1.54, 1.807) is 0 Å². The Kier molecular flexibility index (Phi) is 3.88. The molecule has 1 heterocycles. The van der Waals surface area contributed by atoms with Crippen LogP contribution in [0.5, 0.6) is 0 Å². The zero-order valence-corrected chi connectivity index (χ0v) is 12.8. The number of hydrogen-bond donors (Lipinski definition) is 0. The van der Waals surface area contributed by atoms with Gasteiger partial charge in [0.25, 0.3) is 5.91 Å². The van der Waals surface area contributed by atoms with E-state index in [9.17, 15) is 4.79 Å². The number of rotatable bonds is 3. The molecule has 3 nitrogen and oxygen atoms in total. The van der Waals surface area contributed by atoms with Crippen molar-refractivity contribution in [2.45, 2.75) is 20.3 Å². The van der Waals surface area contributed by atoms with Crippen LogP contribution in [0, 0.1) is 13.8 Å². The van der Waals surface area contributed by atoms with Crippen molar-refractivity contribution in [2.24, 2.45) is 0 Å². The summed E-state index contributed by atoms with van der Waals surface area (Å²) >= 11 is 0. The highest BCUT2D eigenvalue weighted by Crippen LogP contribution is 2.18. The maximum Gasteiger partial charge on any atom is 0.278 e. The summed E-state index contributed by atoms with van der Waals surface area (Å²) in [6, 6.07) is 19.5. The van der Waals surface area contributed by atoms with E-state index in [2.05, 4.69) is 17.2 Å². The summed E-state index contributed by atoms with van der Waals surface area (Å²) in [5.41, 5.74) is 4.82. The Morgan fingerprint density at radius 3 is 2.18 bits per heavy atom. The van der Waals surface area contributed by atoms with Gasteiger partial charge in [0.2, 0.25) is 0 Å². The maximum absolute atomic E-state index is 12.6. The molecule has 22 heavy (non-hydrogen) atoms. The van der Waals surface area contributed by atoms with Crippen LogP contribution in [0.25, 0.3) is 0 Å². The Hall–Kier alpha value is -2.68. The topological polar surface area (TPSA) is 34.9 Å². The van der Waals surface area contributed by atoms with Crippen LogP contribution in [0.3, 0.4) is 0 Å². The molecule has 0 amide bonds. The fraction of sp³-hybridized carbons (Fsp3) is 0.158. The van der Waals surface area contributed by atoms with Gasteiger partial charge < -0.3 is 0 Å². The summed E-state index contributed by atoms with van der Waals surface area (Å²) in [5, 5.41) is 4.45. The third-order valence-corrected chi connectivity index (χ3v) is 3.88. The molecule has 0 unspecified atom stereocenters. The lowest BCUT2D eigenvalue weighted by Gasteiger charge is -2.05. The van der Waals surface area contributed by atoms with Crippen LogP contribution in [0.2, 0.25) is 0 Å². The highest BCUT2D eigenvalue weighted by Gasteiger charge is 2.17. The lowest BCUT2D eigenvalue weighted by molar-refractivity contribution is 0.0942. The molecule has 0 radical (unpaired) electrons. The van der Waals surface area contributed by atoms with E-state index in [1.807, 2.05) is 62.4 Å². The van der Waals surface area contributed by atoms with Gasteiger partial charge in [-0.3, -0.25) is 4.79 Å². The van der Waals surface area contributed by atoms with E-state index in [4.69, 9.17) is 0 Å². The fourth-order valence-corrected chi connectivity index (χ4v) is 2.63. The van der Waals surface area contributed by atoms with Crippen molar-refractivity contribution < 1.29 is 4.79 Å². The van der Waals surface area contributed by atoms with Crippen LogP contribution < -0.4 is 0 Å². The van der Waals surface area contributed by atoms with Crippen LogP contribution >= 0.6 is 0 Å². The molecule has 0 aliphatic carbocycles. The molecule has 0 saturated heterocycles. The van der Waals surface area contributed by atoms with Crippen molar-refractivity contribution in [2.75, 3.05) is 0 Å². The van der Waals surface area contributed by atoms with Crippen LogP contribution in [0.1, 0.15) is 32.9 Å². The van der Waals surface area contributed by atoms with Gasteiger partial charge in [0, 0.05) is 23.2 Å². The molecule has 0 spiro atoms. The molecule has 3 rings (SSSR count). The number of carbonyl (C=O) groups is 1. The van der Waals surface area contributed by atoms with E-state index < -0.39 is 0 Å². The number of aromatic nitrogens is 2. The predicted octanol–water partition coefficient (Wildman–Crippen LogP) is 3.78. The monoisotopic (exact) mass is 290 g/mol. The van der Waals surface area contributed by atoms with E-state index >= 15 is 0 Å². The first-order valence-corrected chi connectivity index (χ1v) is 7.35. The summed E-state index contributed by atoms with van der Waals surface area (Å²) in [5.74, 6) is -0.0829. The van der Waals surface area contributed by atoms with Crippen molar-refractivity contribution >= 4 is 5.91 Å². The molecule has 0 N–H and O–H groups in total. The average Bonchev–Trinajstić information content (AvgIpc) is 2.84. The van der Waals surface area contributed by atoms with Crippen molar-refractivity contribution in [3.63, 3.8) is 0 Å². The first kappa shape index (κ1) is 14.3. The quantitative estimate of drug-likeness (QED) is 0.736. The molecule has 3 aromatic rings. The Labute approximate surface area is 130 Å². The third kappa shape index (κ3) is 2.70. The Bertz CT molecular complexity index is 789. The third-order valence-electron chi connectivity index (χ3n) is 3.88. The summed E-state index contributed by atoms with van der Waals surface area (Å²) in [6.07, 6.45) is 0.792. The van der Waals surface area contributed by atoms with Gasteiger partial charge in [-0.1, -0.05) is 48.5 Å². The molecular weight excluding hydrogens is 272 g/mol. The van der Waals surface area contributed by atoms with Gasteiger partial charge in [-0.15, -0.1) is 0 Å². The highest BCUT2D eigenvalue weighted by molar-refractivity contribution is 5.95. The summed E-state index contributed by atoms with van der Waals surface area (Å²) in [6.45, 7) is 3.92. The Morgan fingerprint density at radius 2 is 1.55 bits per heavy atom. The first-order valence-electron chi connectivity index (χ1n) is 7.35. The highest BCUT2D eigenvalue weighted by atomic mass is 16.2. The van der Waals surface area contributed by atoms with Crippen molar-refractivity contribution in [3.8, 4) is 0 Å². The molecule has 0 aliphatic heterocycles. The van der Waals surface area contributed by atoms with Crippen molar-refractivity contribution in [3.05, 3.63) is 88.7 Å². The summed E-state index contributed by atoms with van der Waals surface area (Å²) in [4.78, 5) is 12.6. The number of hydrogen-bond acceptors (Lipinski definition) is 2. The molecule has 110 valence electrons. The van der Waals surface area contributed by atoms with Gasteiger partial charge in [-0.25, -0.2) is 4.68 Å².